The number of pyridine rings is 1. The fraction of sp³-hybridized carbons (Fsp3) is 0.269. The topological polar surface area (TPSA) is 71.8 Å². The molecule has 0 spiro atoms. The number of H-pyrrole nitrogens is 1. The van der Waals surface area contributed by atoms with Gasteiger partial charge in [0.05, 0.1) is 27.5 Å². The zero-order chi connectivity index (χ0) is 23.0. The summed E-state index contributed by atoms with van der Waals surface area (Å²) in [6.07, 6.45) is 1.82. The summed E-state index contributed by atoms with van der Waals surface area (Å²) in [6.45, 7) is 7.33. The third-order valence-corrected chi connectivity index (χ3v) is 6.64. The molecule has 1 aliphatic heterocycles. The largest absolute Gasteiger partial charge is 0.368 e. The number of piperazine rings is 1. The van der Waals surface area contributed by atoms with Gasteiger partial charge in [-0.1, -0.05) is 29.8 Å². The maximum Gasteiger partial charge on any atom is 0.140 e. The monoisotopic (exact) mass is 456 g/mol. The number of hydrogen-bond acceptors (Lipinski definition) is 5. The Morgan fingerprint density at radius 3 is 2.45 bits per heavy atom. The number of rotatable bonds is 4. The highest BCUT2D eigenvalue weighted by Gasteiger charge is 2.23. The maximum absolute atomic E-state index is 9.34. The summed E-state index contributed by atoms with van der Waals surface area (Å²) in [5.74, 6) is 1.73. The summed E-state index contributed by atoms with van der Waals surface area (Å²) in [4.78, 5) is 17.4. The van der Waals surface area contributed by atoms with Gasteiger partial charge in [0.1, 0.15) is 11.6 Å². The van der Waals surface area contributed by atoms with E-state index in [4.69, 9.17) is 16.6 Å². The molecule has 4 aromatic rings. The van der Waals surface area contributed by atoms with Gasteiger partial charge in [0, 0.05) is 43.6 Å². The van der Waals surface area contributed by atoms with Crippen LogP contribution in [0, 0.1) is 11.3 Å². The second-order valence-corrected chi connectivity index (χ2v) is 9.29. The normalized spacial score (nSPS) is 14.5. The van der Waals surface area contributed by atoms with Crippen LogP contribution in [0.2, 0.25) is 5.02 Å². The number of hydrogen-bond donors (Lipinski definition) is 1. The standard InChI is InChI=1S/C26H25ClN6/c1-26(2,17-28)18-7-10-24(29-16-18)33-13-11-32(12-14-33)19-8-9-21(27)20(15-19)25-30-22-5-3-4-6-23(22)31-25/h3-10,15-16H,11-14H2,1-2H3,(H,30,31). The van der Waals surface area contributed by atoms with E-state index in [0.29, 0.717) is 5.02 Å². The molecule has 3 heterocycles. The van der Waals surface area contributed by atoms with Crippen LogP contribution in [-0.2, 0) is 5.41 Å². The SMILES string of the molecule is CC(C)(C#N)c1ccc(N2CCN(c3ccc(Cl)c(-c4nc5ccccc5[nH]4)c3)CC2)nc1. The second-order valence-electron chi connectivity index (χ2n) is 8.88. The number of para-hydroxylation sites is 2. The van der Waals surface area contributed by atoms with E-state index in [0.717, 1.165) is 65.7 Å². The van der Waals surface area contributed by atoms with Crippen LogP contribution in [0.1, 0.15) is 19.4 Å². The predicted molar refractivity (Wildman–Crippen MR) is 134 cm³/mol. The van der Waals surface area contributed by atoms with E-state index in [-0.39, 0.29) is 0 Å². The van der Waals surface area contributed by atoms with Crippen LogP contribution in [0.4, 0.5) is 11.5 Å². The number of nitriles is 1. The van der Waals surface area contributed by atoms with Crippen molar-refractivity contribution < 1.29 is 0 Å². The molecular weight excluding hydrogens is 432 g/mol. The average Bonchev–Trinajstić information content (AvgIpc) is 3.29. The molecule has 1 saturated heterocycles. The van der Waals surface area contributed by atoms with E-state index in [1.54, 1.807) is 0 Å². The van der Waals surface area contributed by atoms with Crippen LogP contribution in [0.5, 0.6) is 0 Å². The average molecular weight is 457 g/mol. The lowest BCUT2D eigenvalue weighted by Crippen LogP contribution is -2.46. The van der Waals surface area contributed by atoms with Crippen molar-refractivity contribution in [2.24, 2.45) is 0 Å². The minimum Gasteiger partial charge on any atom is -0.368 e. The minimum atomic E-state index is -0.531. The van der Waals surface area contributed by atoms with Gasteiger partial charge in [0.15, 0.2) is 0 Å². The van der Waals surface area contributed by atoms with Crippen LogP contribution in [0.15, 0.2) is 60.8 Å². The molecular formula is C26H25ClN6. The Labute approximate surface area is 198 Å². The predicted octanol–water partition coefficient (Wildman–Crippen LogP) is 5.41. The number of nitrogens with zero attached hydrogens (tertiary/aromatic N) is 5. The van der Waals surface area contributed by atoms with Crippen LogP contribution in [-0.4, -0.2) is 41.1 Å². The Morgan fingerprint density at radius 2 is 1.76 bits per heavy atom. The third-order valence-electron chi connectivity index (χ3n) is 6.31. The van der Waals surface area contributed by atoms with Crippen molar-refractivity contribution in [3.8, 4) is 17.5 Å². The Bertz CT molecular complexity index is 1290. The first kappa shape index (κ1) is 21.3. The van der Waals surface area contributed by atoms with Gasteiger partial charge < -0.3 is 14.8 Å². The van der Waals surface area contributed by atoms with E-state index >= 15 is 0 Å². The van der Waals surface area contributed by atoms with Crippen molar-refractivity contribution in [1.82, 2.24) is 15.0 Å². The zero-order valence-corrected chi connectivity index (χ0v) is 19.5. The van der Waals surface area contributed by atoms with Gasteiger partial charge in [-0.3, -0.25) is 0 Å². The van der Waals surface area contributed by atoms with Crippen LogP contribution < -0.4 is 9.80 Å². The molecule has 0 atom stereocenters. The third kappa shape index (κ3) is 4.12. The van der Waals surface area contributed by atoms with Gasteiger partial charge in [0.2, 0.25) is 0 Å². The van der Waals surface area contributed by atoms with E-state index in [1.807, 2.05) is 62.5 Å². The van der Waals surface area contributed by atoms with Crippen LogP contribution in [0.3, 0.4) is 0 Å². The molecule has 0 radical (unpaired) electrons. The molecule has 5 rings (SSSR count). The quantitative estimate of drug-likeness (QED) is 0.444. The molecule has 0 saturated carbocycles. The van der Waals surface area contributed by atoms with Gasteiger partial charge in [-0.05, 0) is 55.8 Å². The molecule has 166 valence electrons. The summed E-state index contributed by atoms with van der Waals surface area (Å²) in [6, 6.07) is 20.5. The summed E-state index contributed by atoms with van der Waals surface area (Å²) in [7, 11) is 0. The molecule has 0 aliphatic carbocycles. The number of aromatic amines is 1. The van der Waals surface area contributed by atoms with Crippen LogP contribution in [0.25, 0.3) is 22.4 Å². The van der Waals surface area contributed by atoms with E-state index in [9.17, 15) is 5.26 Å². The second kappa shape index (κ2) is 8.42. The van der Waals surface area contributed by atoms with Gasteiger partial charge >= 0.3 is 0 Å². The molecule has 7 heteroatoms. The maximum atomic E-state index is 9.34. The first-order valence-electron chi connectivity index (χ1n) is 11.1. The molecule has 2 aromatic heterocycles. The summed E-state index contributed by atoms with van der Waals surface area (Å²) in [5, 5.41) is 10.0. The van der Waals surface area contributed by atoms with Gasteiger partial charge in [0.25, 0.3) is 0 Å². The molecule has 1 fully saturated rings. The number of benzene rings is 2. The Kier molecular flexibility index (Phi) is 5.43. The fourth-order valence-corrected chi connectivity index (χ4v) is 4.38. The van der Waals surface area contributed by atoms with Crippen molar-refractivity contribution in [2.75, 3.05) is 36.0 Å². The molecule has 6 nitrogen and oxygen atoms in total. The summed E-state index contributed by atoms with van der Waals surface area (Å²) >= 11 is 6.54. The molecule has 33 heavy (non-hydrogen) atoms. The van der Waals surface area contributed by atoms with Gasteiger partial charge in [-0.15, -0.1) is 0 Å². The molecule has 0 bridgehead atoms. The fourth-order valence-electron chi connectivity index (χ4n) is 4.17. The summed E-state index contributed by atoms with van der Waals surface area (Å²) < 4.78 is 0. The van der Waals surface area contributed by atoms with Crippen molar-refractivity contribution in [3.05, 3.63) is 71.4 Å². The molecule has 0 amide bonds. The first-order valence-corrected chi connectivity index (χ1v) is 11.4. The number of anilines is 2. The molecule has 1 aliphatic rings. The van der Waals surface area contributed by atoms with E-state index in [2.05, 4.69) is 38.0 Å². The number of fused-ring (bicyclic) bond motifs is 1. The van der Waals surface area contributed by atoms with Crippen molar-refractivity contribution in [3.63, 3.8) is 0 Å². The van der Waals surface area contributed by atoms with Gasteiger partial charge in [-0.25, -0.2) is 9.97 Å². The Hall–Kier alpha value is -3.56. The van der Waals surface area contributed by atoms with E-state index < -0.39 is 5.41 Å². The molecule has 1 N–H and O–H groups in total. The number of halogens is 1. The highest BCUT2D eigenvalue weighted by molar-refractivity contribution is 6.33. The number of imidazole rings is 1. The summed E-state index contributed by atoms with van der Waals surface area (Å²) in [5.41, 5.74) is 4.38. The molecule has 2 aromatic carbocycles. The van der Waals surface area contributed by atoms with E-state index in [1.165, 1.54) is 0 Å². The minimum absolute atomic E-state index is 0.531. The number of aromatic nitrogens is 3. The highest BCUT2D eigenvalue weighted by Crippen LogP contribution is 2.32. The lowest BCUT2D eigenvalue weighted by atomic mass is 9.88. The molecule has 0 unspecified atom stereocenters. The first-order chi connectivity index (χ1) is 15.9. The van der Waals surface area contributed by atoms with Gasteiger partial charge in [-0.2, -0.15) is 5.26 Å². The van der Waals surface area contributed by atoms with Crippen LogP contribution >= 0.6 is 11.6 Å². The lowest BCUT2D eigenvalue weighted by molar-refractivity contribution is 0.644. The highest BCUT2D eigenvalue weighted by atomic mass is 35.5. The zero-order valence-electron chi connectivity index (χ0n) is 18.7. The Morgan fingerprint density at radius 1 is 1.00 bits per heavy atom. The van der Waals surface area contributed by atoms with Crippen molar-refractivity contribution in [2.45, 2.75) is 19.3 Å². The Balaban J connectivity index is 1.31. The van der Waals surface area contributed by atoms with Crippen molar-refractivity contribution >= 4 is 34.1 Å². The van der Waals surface area contributed by atoms with Crippen molar-refractivity contribution in [1.29, 1.82) is 5.26 Å². The lowest BCUT2D eigenvalue weighted by Gasteiger charge is -2.37. The smallest absolute Gasteiger partial charge is 0.140 e. The number of nitrogens with one attached hydrogen (secondary N) is 1.